The zero-order valence-electron chi connectivity index (χ0n) is 9.95. The van der Waals surface area contributed by atoms with Crippen LogP contribution in [0.15, 0.2) is 24.3 Å². The van der Waals surface area contributed by atoms with E-state index in [0.29, 0.717) is 0 Å². The molecule has 0 spiro atoms. The number of unbranched alkanes of at least 4 members (excludes halogenated alkanes) is 1. The third-order valence-electron chi connectivity index (χ3n) is 2.35. The molecule has 0 saturated carbocycles. The van der Waals surface area contributed by atoms with Gasteiger partial charge in [0.25, 0.3) is 0 Å². The van der Waals surface area contributed by atoms with Crippen molar-refractivity contribution < 1.29 is 0 Å². The van der Waals surface area contributed by atoms with Gasteiger partial charge < -0.3 is 0 Å². The van der Waals surface area contributed by atoms with E-state index in [9.17, 15) is 0 Å². The lowest BCUT2D eigenvalue weighted by Gasteiger charge is -1.98. The molecule has 82 valence electrons. The third-order valence-corrected chi connectivity index (χ3v) is 2.35. The summed E-state index contributed by atoms with van der Waals surface area (Å²) in [6.45, 7) is 10.3. The Morgan fingerprint density at radius 2 is 2.27 bits per heavy atom. The van der Waals surface area contributed by atoms with Crippen molar-refractivity contribution in [2.24, 2.45) is 0 Å². The number of hydrogen-bond acceptors (Lipinski definition) is 1. The third kappa shape index (κ3) is 3.74. The van der Waals surface area contributed by atoms with Gasteiger partial charge in [0.05, 0.1) is 5.69 Å². The Bertz CT molecular complexity index is 359. The Balaban J connectivity index is 2.57. The first-order chi connectivity index (χ1) is 7.13. The summed E-state index contributed by atoms with van der Waals surface area (Å²) in [5, 5.41) is 4.35. The molecule has 2 heteroatoms. The van der Waals surface area contributed by atoms with Gasteiger partial charge in [-0.15, -0.1) is 0 Å². The Morgan fingerprint density at radius 1 is 1.53 bits per heavy atom. The normalized spacial score (nSPS) is 11.1. The van der Waals surface area contributed by atoms with Crippen LogP contribution in [-0.2, 0) is 0 Å². The standard InChI is InChI=1S/C13H20N2/c1-5-6-7-11(2)8-9-15-13(4)10-12(3)14-15/h8-10H,2,5-7H2,1,3-4H3/b9-8-. The van der Waals surface area contributed by atoms with Crippen LogP contribution in [0.1, 0.15) is 37.6 Å². The Hall–Kier alpha value is -1.31. The van der Waals surface area contributed by atoms with Crippen LogP contribution in [0.3, 0.4) is 0 Å². The lowest BCUT2D eigenvalue weighted by Crippen LogP contribution is -1.91. The van der Waals surface area contributed by atoms with E-state index in [0.717, 1.165) is 17.8 Å². The molecule has 0 unspecified atom stereocenters. The summed E-state index contributed by atoms with van der Waals surface area (Å²) in [5.41, 5.74) is 3.38. The van der Waals surface area contributed by atoms with Crippen molar-refractivity contribution in [3.05, 3.63) is 35.7 Å². The molecule has 1 aromatic rings. The summed E-state index contributed by atoms with van der Waals surface area (Å²) in [7, 11) is 0. The molecule has 1 heterocycles. The van der Waals surface area contributed by atoms with Crippen LogP contribution in [0, 0.1) is 13.8 Å². The molecule has 0 aliphatic heterocycles. The van der Waals surface area contributed by atoms with Gasteiger partial charge in [-0.3, -0.25) is 0 Å². The van der Waals surface area contributed by atoms with Crippen molar-refractivity contribution in [2.45, 2.75) is 40.0 Å². The van der Waals surface area contributed by atoms with Crippen LogP contribution in [0.25, 0.3) is 6.20 Å². The highest BCUT2D eigenvalue weighted by molar-refractivity contribution is 5.33. The van der Waals surface area contributed by atoms with E-state index in [1.165, 1.54) is 18.4 Å². The van der Waals surface area contributed by atoms with Crippen LogP contribution in [0.2, 0.25) is 0 Å². The highest BCUT2D eigenvalue weighted by atomic mass is 15.3. The molecular formula is C13H20N2. The topological polar surface area (TPSA) is 17.8 Å². The maximum atomic E-state index is 4.35. The molecule has 0 radical (unpaired) electrons. The minimum atomic E-state index is 1.05. The molecule has 15 heavy (non-hydrogen) atoms. The molecule has 0 aromatic carbocycles. The second kappa shape index (κ2) is 5.54. The van der Waals surface area contributed by atoms with E-state index >= 15 is 0 Å². The highest BCUT2D eigenvalue weighted by Crippen LogP contribution is 2.08. The molecule has 0 N–H and O–H groups in total. The first-order valence-electron chi connectivity index (χ1n) is 5.52. The average molecular weight is 204 g/mol. The van der Waals surface area contributed by atoms with Crippen molar-refractivity contribution in [3.63, 3.8) is 0 Å². The molecule has 0 atom stereocenters. The minimum absolute atomic E-state index is 1.05. The summed E-state index contributed by atoms with van der Waals surface area (Å²) in [6.07, 6.45) is 7.54. The minimum Gasteiger partial charge on any atom is -0.245 e. The van der Waals surface area contributed by atoms with E-state index in [4.69, 9.17) is 0 Å². The Kier molecular flexibility index (Phi) is 4.35. The van der Waals surface area contributed by atoms with E-state index in [-0.39, 0.29) is 0 Å². The molecule has 0 aliphatic rings. The van der Waals surface area contributed by atoms with Crippen LogP contribution < -0.4 is 0 Å². The zero-order valence-corrected chi connectivity index (χ0v) is 9.95. The van der Waals surface area contributed by atoms with Gasteiger partial charge in [0.1, 0.15) is 0 Å². The predicted octanol–water partition coefficient (Wildman–Crippen LogP) is 3.72. The molecule has 0 fully saturated rings. The van der Waals surface area contributed by atoms with Crippen LogP contribution in [0.5, 0.6) is 0 Å². The Morgan fingerprint density at radius 3 is 2.80 bits per heavy atom. The molecule has 1 aromatic heterocycles. The fourth-order valence-electron chi connectivity index (χ4n) is 1.46. The van der Waals surface area contributed by atoms with Crippen molar-refractivity contribution in [3.8, 4) is 0 Å². The molecule has 0 saturated heterocycles. The van der Waals surface area contributed by atoms with Crippen LogP contribution in [-0.4, -0.2) is 9.78 Å². The maximum Gasteiger partial charge on any atom is 0.0600 e. The van der Waals surface area contributed by atoms with Gasteiger partial charge in [-0.05, 0) is 38.8 Å². The zero-order chi connectivity index (χ0) is 11.3. The fourth-order valence-corrected chi connectivity index (χ4v) is 1.46. The van der Waals surface area contributed by atoms with Gasteiger partial charge in [-0.1, -0.05) is 25.5 Å². The summed E-state index contributed by atoms with van der Waals surface area (Å²) in [6, 6.07) is 2.07. The molecule has 1 rings (SSSR count). The van der Waals surface area contributed by atoms with Crippen molar-refractivity contribution in [2.75, 3.05) is 0 Å². The molecule has 0 amide bonds. The number of nitrogens with zero attached hydrogens (tertiary/aromatic N) is 2. The summed E-state index contributed by atoms with van der Waals surface area (Å²) < 4.78 is 1.90. The quantitative estimate of drug-likeness (QED) is 0.668. The molecule has 0 bridgehead atoms. The SMILES string of the molecule is C=C(/C=C\n1nc(C)cc1C)CCCC. The van der Waals surface area contributed by atoms with Gasteiger partial charge in [0.2, 0.25) is 0 Å². The van der Waals surface area contributed by atoms with E-state index in [1.807, 2.05) is 17.8 Å². The Labute approximate surface area is 92.3 Å². The van der Waals surface area contributed by atoms with E-state index in [2.05, 4.69) is 37.7 Å². The van der Waals surface area contributed by atoms with Gasteiger partial charge in [-0.25, -0.2) is 4.68 Å². The largest absolute Gasteiger partial charge is 0.245 e. The van der Waals surface area contributed by atoms with Crippen molar-refractivity contribution in [1.29, 1.82) is 0 Å². The van der Waals surface area contributed by atoms with Crippen molar-refractivity contribution >= 4 is 6.20 Å². The first-order valence-corrected chi connectivity index (χ1v) is 5.52. The lowest BCUT2D eigenvalue weighted by molar-refractivity contribution is 0.798. The first kappa shape index (κ1) is 11.8. The second-order valence-corrected chi connectivity index (χ2v) is 3.95. The van der Waals surface area contributed by atoms with E-state index in [1.54, 1.807) is 0 Å². The monoisotopic (exact) mass is 204 g/mol. The van der Waals surface area contributed by atoms with Crippen LogP contribution >= 0.6 is 0 Å². The average Bonchev–Trinajstić information content (AvgIpc) is 2.51. The van der Waals surface area contributed by atoms with Crippen molar-refractivity contribution in [1.82, 2.24) is 9.78 Å². The number of aromatic nitrogens is 2. The maximum absolute atomic E-state index is 4.35. The predicted molar refractivity (Wildman–Crippen MR) is 65.7 cm³/mol. The smallest absolute Gasteiger partial charge is 0.0600 e. The highest BCUT2D eigenvalue weighted by Gasteiger charge is 1.96. The molecule has 2 nitrogen and oxygen atoms in total. The molecular weight excluding hydrogens is 184 g/mol. The summed E-state index contributed by atoms with van der Waals surface area (Å²) in [5.74, 6) is 0. The number of rotatable bonds is 5. The van der Waals surface area contributed by atoms with Gasteiger partial charge in [-0.2, -0.15) is 5.10 Å². The summed E-state index contributed by atoms with van der Waals surface area (Å²) in [4.78, 5) is 0. The summed E-state index contributed by atoms with van der Waals surface area (Å²) >= 11 is 0. The number of allylic oxidation sites excluding steroid dienone is 2. The lowest BCUT2D eigenvalue weighted by atomic mass is 10.1. The van der Waals surface area contributed by atoms with Gasteiger partial charge in [0, 0.05) is 11.9 Å². The molecule has 0 aliphatic carbocycles. The van der Waals surface area contributed by atoms with Crippen LogP contribution in [0.4, 0.5) is 0 Å². The second-order valence-electron chi connectivity index (χ2n) is 3.95. The fraction of sp³-hybridized carbons (Fsp3) is 0.462. The van der Waals surface area contributed by atoms with Gasteiger partial charge >= 0.3 is 0 Å². The number of aryl methyl sites for hydroxylation is 2. The number of hydrogen-bond donors (Lipinski definition) is 0. The van der Waals surface area contributed by atoms with Gasteiger partial charge in [0.15, 0.2) is 0 Å². The van der Waals surface area contributed by atoms with E-state index < -0.39 is 0 Å².